The molecule has 0 spiro atoms. The molecule has 0 rings (SSSR count). The fourth-order valence-electron chi connectivity index (χ4n) is 0.157. The molecule has 0 aromatic rings. The summed E-state index contributed by atoms with van der Waals surface area (Å²) in [5, 5.41) is 17.7. The van der Waals surface area contributed by atoms with Crippen LogP contribution in [0.25, 0.3) is 0 Å². The Morgan fingerprint density at radius 2 is 2.38 bits per heavy atom. The van der Waals surface area contributed by atoms with E-state index in [0.717, 1.165) is 0 Å². The average molecular weight is 135 g/mol. The van der Waals surface area contributed by atoms with Gasteiger partial charge in [-0.2, -0.15) is 0 Å². The monoisotopic (exact) mass is 134 g/mol. The second-order valence-corrected chi connectivity index (χ2v) is 1.56. The predicted octanol–water partition coefficient (Wildman–Crippen LogP) is 1.10. The van der Waals surface area contributed by atoms with Crippen molar-refractivity contribution < 1.29 is 5.21 Å². The van der Waals surface area contributed by atoms with Crippen LogP contribution in [0.3, 0.4) is 0 Å². The summed E-state index contributed by atoms with van der Waals surface area (Å²) in [5.41, 5.74) is 0.411. The second kappa shape index (κ2) is 3.43. The largest absolute Gasteiger partial charge is 0.411 e. The molecule has 46 valence electrons. The Bertz CT molecular complexity index is 121. The number of rotatable bonds is 2. The van der Waals surface area contributed by atoms with E-state index >= 15 is 0 Å². The van der Waals surface area contributed by atoms with Crippen LogP contribution in [-0.4, -0.2) is 22.5 Å². The quantitative estimate of drug-likeness (QED) is 0.253. The number of halogens is 1. The van der Waals surface area contributed by atoms with Crippen molar-refractivity contribution in [3.8, 4) is 0 Å². The first-order chi connectivity index (χ1) is 3.72. The lowest BCUT2D eigenvalue weighted by Crippen LogP contribution is -2.09. The maximum absolute atomic E-state index is 8.02. The lowest BCUT2D eigenvalue weighted by molar-refractivity contribution is 0.320. The smallest absolute Gasteiger partial charge is 0.0984 e. The molecule has 0 heterocycles. The molecule has 8 heavy (non-hydrogen) atoms. The van der Waals surface area contributed by atoms with E-state index in [9.17, 15) is 0 Å². The normalized spacial score (nSPS) is 11.5. The van der Waals surface area contributed by atoms with Crippen LogP contribution in [0.2, 0.25) is 0 Å². The van der Waals surface area contributed by atoms with Gasteiger partial charge in [-0.3, -0.25) is 0 Å². The highest BCUT2D eigenvalue weighted by atomic mass is 35.5. The molecule has 0 aromatic heterocycles. The highest BCUT2D eigenvalue weighted by molar-refractivity contribution is 6.49. The summed E-state index contributed by atoms with van der Waals surface area (Å²) in [4.78, 5) is 0. The first-order valence-electron chi connectivity index (χ1n) is 2.04. The summed E-state index contributed by atoms with van der Waals surface area (Å²) >= 11 is 5.21. The van der Waals surface area contributed by atoms with Gasteiger partial charge >= 0.3 is 0 Å². The maximum atomic E-state index is 8.02. The van der Waals surface area contributed by atoms with Gasteiger partial charge in [-0.15, -0.1) is 11.6 Å². The fourth-order valence-corrected chi connectivity index (χ4v) is 0.350. The molecule has 2 N–H and O–H groups in total. The molecule has 0 unspecified atom stereocenters. The molecule has 0 aliphatic heterocycles. The van der Waals surface area contributed by atoms with Gasteiger partial charge in [0, 0.05) is 0 Å². The molecule has 0 atom stereocenters. The lowest BCUT2D eigenvalue weighted by atomic mass is 10.3. The Labute approximate surface area is 52.5 Å². The van der Waals surface area contributed by atoms with E-state index in [2.05, 4.69) is 5.16 Å². The van der Waals surface area contributed by atoms with Crippen LogP contribution in [0.1, 0.15) is 6.92 Å². The molecule has 3 nitrogen and oxygen atoms in total. The first-order valence-corrected chi connectivity index (χ1v) is 2.58. The summed E-state index contributed by atoms with van der Waals surface area (Å²) in [6.45, 7) is 1.52. The van der Waals surface area contributed by atoms with E-state index in [-0.39, 0.29) is 17.3 Å². The van der Waals surface area contributed by atoms with Crippen LogP contribution in [0.4, 0.5) is 0 Å². The number of alkyl halides is 1. The van der Waals surface area contributed by atoms with Crippen molar-refractivity contribution in [3.63, 3.8) is 0 Å². The van der Waals surface area contributed by atoms with E-state index in [1.54, 1.807) is 0 Å². The third-order valence-electron chi connectivity index (χ3n) is 0.720. The van der Waals surface area contributed by atoms with E-state index in [1.165, 1.54) is 6.92 Å². The first kappa shape index (κ1) is 7.43. The van der Waals surface area contributed by atoms with Gasteiger partial charge in [0.25, 0.3) is 0 Å². The van der Waals surface area contributed by atoms with Gasteiger partial charge in [-0.25, -0.2) is 0 Å². The fraction of sp³-hybridized carbons (Fsp3) is 0.500. The number of hydrogen-bond donors (Lipinski definition) is 2. The van der Waals surface area contributed by atoms with Gasteiger partial charge in [0.2, 0.25) is 0 Å². The Morgan fingerprint density at radius 3 is 2.50 bits per heavy atom. The third kappa shape index (κ3) is 1.93. The molecular formula is C4H7ClN2O. The minimum Gasteiger partial charge on any atom is -0.411 e. The molecular weight excluding hydrogens is 128 g/mol. The van der Waals surface area contributed by atoms with Crippen LogP contribution in [0.15, 0.2) is 5.16 Å². The van der Waals surface area contributed by atoms with Gasteiger partial charge in [0.1, 0.15) is 0 Å². The van der Waals surface area contributed by atoms with E-state index < -0.39 is 0 Å². The standard InChI is InChI=1S/C4H7ClN2O/c1-3(7-8)4(6)2-5/h6,8H,2H2,1H3/b6-4?,7-3-. The Morgan fingerprint density at radius 1 is 1.88 bits per heavy atom. The molecule has 0 bridgehead atoms. The zero-order valence-corrected chi connectivity index (χ0v) is 5.24. The van der Waals surface area contributed by atoms with E-state index in [1.807, 2.05) is 0 Å². The topological polar surface area (TPSA) is 56.4 Å². The van der Waals surface area contributed by atoms with Crippen molar-refractivity contribution in [2.24, 2.45) is 5.16 Å². The maximum Gasteiger partial charge on any atom is 0.0984 e. The van der Waals surface area contributed by atoms with Crippen LogP contribution in [-0.2, 0) is 0 Å². The van der Waals surface area contributed by atoms with Gasteiger partial charge < -0.3 is 10.6 Å². The average Bonchev–Trinajstić information content (AvgIpc) is 1.84. The van der Waals surface area contributed by atoms with Crippen molar-refractivity contribution in [1.29, 1.82) is 5.41 Å². The molecule has 0 saturated carbocycles. The van der Waals surface area contributed by atoms with Crippen molar-refractivity contribution in [3.05, 3.63) is 0 Å². The number of nitrogens with one attached hydrogen (secondary N) is 1. The second-order valence-electron chi connectivity index (χ2n) is 1.30. The third-order valence-corrected chi connectivity index (χ3v) is 0.988. The Kier molecular flexibility index (Phi) is 3.19. The highest BCUT2D eigenvalue weighted by Gasteiger charge is 1.96. The van der Waals surface area contributed by atoms with Gasteiger partial charge in [0.05, 0.1) is 17.3 Å². The highest BCUT2D eigenvalue weighted by Crippen LogP contribution is 1.82. The minimum atomic E-state index is 0.0931. The SMILES string of the molecule is C/C(=N/O)C(=N)CCl. The van der Waals surface area contributed by atoms with Crippen LogP contribution >= 0.6 is 11.6 Å². The summed E-state index contributed by atoms with van der Waals surface area (Å²) < 4.78 is 0. The number of nitrogens with zero attached hydrogens (tertiary/aromatic N) is 1. The summed E-state index contributed by atoms with van der Waals surface area (Å²) in [6, 6.07) is 0. The molecule has 0 radical (unpaired) electrons. The molecule has 0 aromatic carbocycles. The van der Waals surface area contributed by atoms with Gasteiger partial charge in [-0.1, -0.05) is 5.16 Å². The zero-order chi connectivity index (χ0) is 6.57. The van der Waals surface area contributed by atoms with Crippen LogP contribution in [0, 0.1) is 5.41 Å². The van der Waals surface area contributed by atoms with E-state index in [4.69, 9.17) is 22.2 Å². The predicted molar refractivity (Wildman–Crippen MR) is 33.3 cm³/mol. The molecule has 0 aliphatic rings. The minimum absolute atomic E-state index is 0.0931. The molecule has 0 fully saturated rings. The van der Waals surface area contributed by atoms with Crippen molar-refractivity contribution in [2.75, 3.05) is 5.88 Å². The Hall–Kier alpha value is -0.570. The Balaban J connectivity index is 3.83. The molecule has 0 amide bonds. The van der Waals surface area contributed by atoms with Crippen molar-refractivity contribution >= 4 is 23.0 Å². The van der Waals surface area contributed by atoms with Crippen molar-refractivity contribution in [2.45, 2.75) is 6.92 Å². The zero-order valence-electron chi connectivity index (χ0n) is 4.48. The summed E-state index contributed by atoms with van der Waals surface area (Å²) in [5.74, 6) is 0.0931. The summed E-state index contributed by atoms with van der Waals surface area (Å²) in [6.07, 6.45) is 0. The number of hydrogen-bond acceptors (Lipinski definition) is 3. The molecule has 0 saturated heterocycles. The number of oxime groups is 1. The molecule has 0 aliphatic carbocycles. The molecule has 4 heteroatoms. The van der Waals surface area contributed by atoms with Crippen molar-refractivity contribution in [1.82, 2.24) is 0 Å². The lowest BCUT2D eigenvalue weighted by Gasteiger charge is -1.91. The van der Waals surface area contributed by atoms with Crippen LogP contribution in [0.5, 0.6) is 0 Å². The van der Waals surface area contributed by atoms with Crippen LogP contribution < -0.4 is 0 Å². The van der Waals surface area contributed by atoms with Gasteiger partial charge in [-0.05, 0) is 6.92 Å². The summed E-state index contributed by atoms with van der Waals surface area (Å²) in [7, 11) is 0. The van der Waals surface area contributed by atoms with Gasteiger partial charge in [0.15, 0.2) is 0 Å². The van der Waals surface area contributed by atoms with E-state index in [0.29, 0.717) is 0 Å².